The predicted octanol–water partition coefficient (Wildman–Crippen LogP) is 1.79. The minimum atomic E-state index is -1.18. The van der Waals surface area contributed by atoms with Gasteiger partial charge in [0.2, 0.25) is 11.8 Å². The summed E-state index contributed by atoms with van der Waals surface area (Å²) in [5.74, 6) is -3.09. The number of fused-ring (bicyclic) bond motifs is 1. The summed E-state index contributed by atoms with van der Waals surface area (Å²) in [6, 6.07) is 4.97. The molecule has 3 N–H and O–H groups in total. The van der Waals surface area contributed by atoms with E-state index in [0.717, 1.165) is 6.07 Å². The van der Waals surface area contributed by atoms with Crippen molar-refractivity contribution in [1.82, 2.24) is 25.5 Å². The van der Waals surface area contributed by atoms with Gasteiger partial charge in [-0.2, -0.15) is 0 Å². The van der Waals surface area contributed by atoms with Gasteiger partial charge in [0, 0.05) is 37.2 Å². The molecule has 0 radical (unpaired) electrons. The third kappa shape index (κ3) is 4.70. The van der Waals surface area contributed by atoms with E-state index >= 15 is 0 Å². The van der Waals surface area contributed by atoms with Crippen molar-refractivity contribution in [3.63, 3.8) is 0 Å². The highest BCUT2D eigenvalue weighted by atomic mass is 35.5. The van der Waals surface area contributed by atoms with Crippen molar-refractivity contribution < 1.29 is 23.2 Å². The lowest BCUT2D eigenvalue weighted by Crippen LogP contribution is -2.56. The van der Waals surface area contributed by atoms with Gasteiger partial charge in [-0.3, -0.25) is 14.4 Å². The Morgan fingerprint density at radius 3 is 2.81 bits per heavy atom. The highest BCUT2D eigenvalue weighted by molar-refractivity contribution is 6.31. The van der Waals surface area contributed by atoms with E-state index in [4.69, 9.17) is 11.6 Å². The number of aromatic nitrogens is 2. The van der Waals surface area contributed by atoms with Crippen LogP contribution in [0.3, 0.4) is 0 Å². The number of halogens is 3. The van der Waals surface area contributed by atoms with Crippen molar-refractivity contribution in [2.24, 2.45) is 0 Å². The fourth-order valence-electron chi connectivity index (χ4n) is 3.50. The molecule has 1 atom stereocenters. The molecule has 0 bridgehead atoms. The second-order valence-electron chi connectivity index (χ2n) is 7.35. The molecule has 1 fully saturated rings. The minimum absolute atomic E-state index is 0.0524. The van der Waals surface area contributed by atoms with Crippen LogP contribution in [0, 0.1) is 11.6 Å². The standard InChI is InChI=1S/C21H18ClF2N5O3/c22-13-5-12-7-16(27-19(12)26-9-13)20(31)28-17(6-11-1-2-14(23)8-15(11)24)21(32)29-4-3-25-18(30)10-29/h1-2,5,7-9,17H,3-4,6,10H2,(H,25,30)(H,26,27)(H,28,31)/t17-/m0/s1. The molecule has 1 aliphatic rings. The van der Waals surface area contributed by atoms with Crippen molar-refractivity contribution in [2.75, 3.05) is 19.6 Å². The van der Waals surface area contributed by atoms with Crippen LogP contribution in [-0.2, 0) is 16.0 Å². The lowest BCUT2D eigenvalue weighted by molar-refractivity contribution is -0.139. The summed E-state index contributed by atoms with van der Waals surface area (Å²) in [6.45, 7) is 0.341. The molecule has 0 aliphatic carbocycles. The SMILES string of the molecule is O=C1CN(C(=O)[C@H](Cc2ccc(F)cc2F)NC(=O)c2cc3cc(Cl)cnc3[nH]2)CCN1. The molecule has 3 heterocycles. The van der Waals surface area contributed by atoms with E-state index in [1.54, 1.807) is 6.07 Å². The summed E-state index contributed by atoms with van der Waals surface area (Å²) in [4.78, 5) is 45.9. The number of pyridine rings is 1. The Balaban J connectivity index is 1.60. The Bertz CT molecular complexity index is 1220. The average Bonchev–Trinajstić information content (AvgIpc) is 3.18. The Morgan fingerprint density at radius 2 is 2.06 bits per heavy atom. The first kappa shape index (κ1) is 21.7. The van der Waals surface area contributed by atoms with Crippen molar-refractivity contribution in [2.45, 2.75) is 12.5 Å². The van der Waals surface area contributed by atoms with Crippen molar-refractivity contribution >= 4 is 40.4 Å². The van der Waals surface area contributed by atoms with E-state index in [1.165, 1.54) is 23.2 Å². The first-order valence-corrected chi connectivity index (χ1v) is 10.1. The number of hydrogen-bond donors (Lipinski definition) is 3. The van der Waals surface area contributed by atoms with Crippen LogP contribution in [0.2, 0.25) is 5.02 Å². The molecule has 32 heavy (non-hydrogen) atoms. The van der Waals surface area contributed by atoms with Gasteiger partial charge in [-0.1, -0.05) is 17.7 Å². The minimum Gasteiger partial charge on any atom is -0.353 e. The molecule has 1 aromatic carbocycles. The number of rotatable bonds is 5. The lowest BCUT2D eigenvalue weighted by Gasteiger charge is -2.30. The number of nitrogens with one attached hydrogen (secondary N) is 3. The van der Waals surface area contributed by atoms with Gasteiger partial charge in [-0.15, -0.1) is 0 Å². The van der Waals surface area contributed by atoms with E-state index in [1.807, 2.05) is 0 Å². The maximum Gasteiger partial charge on any atom is 0.268 e. The molecule has 11 heteroatoms. The third-order valence-corrected chi connectivity index (χ3v) is 5.28. The zero-order chi connectivity index (χ0) is 22.8. The molecule has 1 saturated heterocycles. The van der Waals surface area contributed by atoms with Gasteiger partial charge in [0.1, 0.15) is 29.0 Å². The quantitative estimate of drug-likeness (QED) is 0.538. The number of H-pyrrole nitrogens is 1. The largest absolute Gasteiger partial charge is 0.353 e. The van der Waals surface area contributed by atoms with E-state index in [2.05, 4.69) is 20.6 Å². The molecule has 8 nitrogen and oxygen atoms in total. The molecule has 1 aliphatic heterocycles. The van der Waals surface area contributed by atoms with Gasteiger partial charge in [0.05, 0.1) is 11.6 Å². The molecule has 166 valence electrons. The van der Waals surface area contributed by atoms with Crippen LogP contribution in [0.15, 0.2) is 36.5 Å². The summed E-state index contributed by atoms with van der Waals surface area (Å²) in [7, 11) is 0. The second kappa shape index (κ2) is 8.91. The Labute approximate surface area is 185 Å². The summed E-state index contributed by atoms with van der Waals surface area (Å²) >= 11 is 5.93. The van der Waals surface area contributed by atoms with Crippen LogP contribution >= 0.6 is 11.6 Å². The zero-order valence-electron chi connectivity index (χ0n) is 16.6. The highest BCUT2D eigenvalue weighted by Gasteiger charge is 2.30. The summed E-state index contributed by atoms with van der Waals surface area (Å²) in [5, 5.41) is 6.20. The van der Waals surface area contributed by atoms with Crippen LogP contribution in [0.5, 0.6) is 0 Å². The van der Waals surface area contributed by atoms with Gasteiger partial charge in [-0.25, -0.2) is 13.8 Å². The first-order valence-electron chi connectivity index (χ1n) is 9.74. The Hall–Kier alpha value is -3.53. The van der Waals surface area contributed by atoms with Gasteiger partial charge in [0.15, 0.2) is 0 Å². The topological polar surface area (TPSA) is 107 Å². The number of benzene rings is 1. The van der Waals surface area contributed by atoms with Crippen LogP contribution in [-0.4, -0.2) is 58.3 Å². The fraction of sp³-hybridized carbons (Fsp3) is 0.238. The summed E-state index contributed by atoms with van der Waals surface area (Å²) in [6.07, 6.45) is 1.20. The molecule has 0 saturated carbocycles. The molecule has 0 unspecified atom stereocenters. The Morgan fingerprint density at radius 1 is 1.25 bits per heavy atom. The van der Waals surface area contributed by atoms with Crippen molar-refractivity contribution in [1.29, 1.82) is 0 Å². The van der Waals surface area contributed by atoms with Crippen LogP contribution in [0.1, 0.15) is 16.1 Å². The molecule has 0 spiro atoms. The maximum atomic E-state index is 14.2. The predicted molar refractivity (Wildman–Crippen MR) is 112 cm³/mol. The van der Waals surface area contributed by atoms with Crippen LogP contribution in [0.4, 0.5) is 8.78 Å². The lowest BCUT2D eigenvalue weighted by atomic mass is 10.0. The fourth-order valence-corrected chi connectivity index (χ4v) is 3.67. The van der Waals surface area contributed by atoms with Gasteiger partial charge < -0.3 is 20.5 Å². The normalized spacial score (nSPS) is 14.8. The van der Waals surface area contributed by atoms with Gasteiger partial charge >= 0.3 is 0 Å². The molecular weight excluding hydrogens is 444 g/mol. The van der Waals surface area contributed by atoms with E-state index in [0.29, 0.717) is 22.1 Å². The van der Waals surface area contributed by atoms with Gasteiger partial charge in [-0.05, 0) is 23.8 Å². The van der Waals surface area contributed by atoms with Crippen molar-refractivity contribution in [3.8, 4) is 0 Å². The number of aromatic amines is 1. The zero-order valence-corrected chi connectivity index (χ0v) is 17.4. The van der Waals surface area contributed by atoms with Crippen LogP contribution < -0.4 is 10.6 Å². The maximum absolute atomic E-state index is 14.2. The molecular formula is C21H18ClF2N5O3. The molecule has 3 amide bonds. The number of amides is 3. The summed E-state index contributed by atoms with van der Waals surface area (Å²) < 4.78 is 27.5. The van der Waals surface area contributed by atoms with Crippen molar-refractivity contribution in [3.05, 3.63) is 64.4 Å². The molecule has 4 rings (SSSR count). The smallest absolute Gasteiger partial charge is 0.268 e. The van der Waals surface area contributed by atoms with Crippen LogP contribution in [0.25, 0.3) is 11.0 Å². The monoisotopic (exact) mass is 461 g/mol. The summed E-state index contributed by atoms with van der Waals surface area (Å²) in [5.41, 5.74) is 0.611. The number of carbonyl (C=O) groups is 3. The number of piperazine rings is 1. The van der Waals surface area contributed by atoms with E-state index in [-0.39, 0.29) is 43.2 Å². The number of nitrogens with zero attached hydrogens (tertiary/aromatic N) is 2. The molecule has 2 aromatic heterocycles. The van der Waals surface area contributed by atoms with Gasteiger partial charge in [0.25, 0.3) is 5.91 Å². The first-order chi connectivity index (χ1) is 15.3. The molecule has 3 aromatic rings. The third-order valence-electron chi connectivity index (χ3n) is 5.07. The van der Waals surface area contributed by atoms with E-state index < -0.39 is 29.5 Å². The number of hydrogen-bond acceptors (Lipinski definition) is 4. The second-order valence-corrected chi connectivity index (χ2v) is 7.79. The number of carbonyl (C=O) groups excluding carboxylic acids is 3. The van der Waals surface area contributed by atoms with E-state index in [9.17, 15) is 23.2 Å². The Kier molecular flexibility index (Phi) is 6.04. The average molecular weight is 462 g/mol. The highest BCUT2D eigenvalue weighted by Crippen LogP contribution is 2.18.